The Labute approximate surface area is 142 Å². The topological polar surface area (TPSA) is 45.2 Å². The molecule has 1 aliphatic carbocycles. The molecular weight excluding hydrogens is 298 g/mol. The second-order valence-corrected chi connectivity index (χ2v) is 6.77. The third-order valence-corrected chi connectivity index (χ3v) is 4.88. The van der Waals surface area contributed by atoms with E-state index in [4.69, 9.17) is 0 Å². The van der Waals surface area contributed by atoms with Crippen LogP contribution in [0.5, 0.6) is 0 Å². The molecule has 2 heterocycles. The van der Waals surface area contributed by atoms with Gasteiger partial charge >= 0.3 is 0 Å². The van der Waals surface area contributed by atoms with E-state index in [1.165, 1.54) is 12.8 Å². The smallest absolute Gasteiger partial charge is 0.254 e. The van der Waals surface area contributed by atoms with E-state index in [9.17, 15) is 4.79 Å². The molecule has 2 aliphatic rings. The van der Waals surface area contributed by atoms with Crippen LogP contribution in [-0.2, 0) is 0 Å². The third-order valence-electron chi connectivity index (χ3n) is 4.88. The van der Waals surface area contributed by atoms with E-state index in [1.54, 1.807) is 0 Å². The van der Waals surface area contributed by atoms with Crippen LogP contribution in [0.15, 0.2) is 48.7 Å². The number of nitrogens with one attached hydrogen (secondary N) is 1. The number of aromatic nitrogens is 1. The SMILES string of the molecule is O=C(c1ccccc1)N1CCCC[C@H]1c1ccc(NC2CC2)nc1. The Morgan fingerprint density at radius 1 is 1.04 bits per heavy atom. The van der Waals surface area contributed by atoms with E-state index in [0.29, 0.717) is 6.04 Å². The van der Waals surface area contributed by atoms with Crippen molar-refractivity contribution in [2.24, 2.45) is 0 Å². The molecule has 1 N–H and O–H groups in total. The lowest BCUT2D eigenvalue weighted by molar-refractivity contribution is 0.0611. The lowest BCUT2D eigenvalue weighted by Gasteiger charge is -2.36. The summed E-state index contributed by atoms with van der Waals surface area (Å²) in [7, 11) is 0. The number of hydrogen-bond donors (Lipinski definition) is 1. The van der Waals surface area contributed by atoms with Gasteiger partial charge in [-0.1, -0.05) is 24.3 Å². The number of likely N-dealkylation sites (tertiary alicyclic amines) is 1. The molecule has 4 nitrogen and oxygen atoms in total. The van der Waals surface area contributed by atoms with E-state index in [2.05, 4.69) is 16.4 Å². The third kappa shape index (κ3) is 3.28. The zero-order valence-electron chi connectivity index (χ0n) is 13.8. The van der Waals surface area contributed by atoms with Crippen LogP contribution in [-0.4, -0.2) is 28.4 Å². The summed E-state index contributed by atoms with van der Waals surface area (Å²) in [4.78, 5) is 19.5. The standard InChI is InChI=1S/C20H23N3O/c24-20(15-6-2-1-3-7-15)23-13-5-4-8-18(23)16-9-12-19(21-14-16)22-17-10-11-17/h1-3,6-7,9,12,14,17-18H,4-5,8,10-11,13H2,(H,21,22)/t18-/m0/s1. The van der Waals surface area contributed by atoms with E-state index >= 15 is 0 Å². The molecule has 1 saturated heterocycles. The molecule has 1 atom stereocenters. The first kappa shape index (κ1) is 15.2. The number of carbonyl (C=O) groups excluding carboxylic acids is 1. The van der Waals surface area contributed by atoms with E-state index in [0.717, 1.165) is 42.8 Å². The van der Waals surface area contributed by atoms with Gasteiger partial charge in [0, 0.05) is 24.3 Å². The summed E-state index contributed by atoms with van der Waals surface area (Å²) in [6.45, 7) is 0.820. The Kier molecular flexibility index (Phi) is 4.20. The quantitative estimate of drug-likeness (QED) is 0.925. The Hall–Kier alpha value is -2.36. The summed E-state index contributed by atoms with van der Waals surface area (Å²) < 4.78 is 0. The van der Waals surface area contributed by atoms with Gasteiger partial charge in [-0.05, 0) is 55.9 Å². The van der Waals surface area contributed by atoms with Crippen molar-refractivity contribution in [3.63, 3.8) is 0 Å². The fraction of sp³-hybridized carbons (Fsp3) is 0.400. The predicted octanol–water partition coefficient (Wildman–Crippen LogP) is 4.02. The number of pyridine rings is 1. The highest BCUT2D eigenvalue weighted by atomic mass is 16.2. The van der Waals surface area contributed by atoms with Gasteiger partial charge in [0.25, 0.3) is 5.91 Å². The first-order valence-electron chi connectivity index (χ1n) is 8.90. The molecule has 0 radical (unpaired) electrons. The largest absolute Gasteiger partial charge is 0.367 e. The minimum atomic E-state index is 0.125. The lowest BCUT2D eigenvalue weighted by atomic mass is 9.95. The Morgan fingerprint density at radius 2 is 1.88 bits per heavy atom. The zero-order valence-corrected chi connectivity index (χ0v) is 13.8. The van der Waals surface area contributed by atoms with Gasteiger partial charge in [-0.15, -0.1) is 0 Å². The highest BCUT2D eigenvalue weighted by Gasteiger charge is 2.29. The number of nitrogens with zero attached hydrogens (tertiary/aromatic N) is 2. The van der Waals surface area contributed by atoms with Gasteiger partial charge in [-0.3, -0.25) is 4.79 Å². The number of benzene rings is 1. The van der Waals surface area contributed by atoms with Crippen molar-refractivity contribution in [3.8, 4) is 0 Å². The van der Waals surface area contributed by atoms with Crippen LogP contribution in [0.4, 0.5) is 5.82 Å². The van der Waals surface area contributed by atoms with Crippen LogP contribution in [0.2, 0.25) is 0 Å². The van der Waals surface area contributed by atoms with Crippen molar-refractivity contribution in [1.29, 1.82) is 0 Å². The maximum Gasteiger partial charge on any atom is 0.254 e. The van der Waals surface area contributed by atoms with Gasteiger partial charge in [0.1, 0.15) is 5.82 Å². The van der Waals surface area contributed by atoms with Crippen LogP contribution in [0, 0.1) is 0 Å². The molecule has 0 bridgehead atoms. The van der Waals surface area contributed by atoms with Crippen LogP contribution in [0.25, 0.3) is 0 Å². The average molecular weight is 321 g/mol. The highest BCUT2D eigenvalue weighted by molar-refractivity contribution is 5.94. The minimum absolute atomic E-state index is 0.125. The number of piperidine rings is 1. The maximum atomic E-state index is 12.9. The highest BCUT2D eigenvalue weighted by Crippen LogP contribution is 2.32. The Balaban J connectivity index is 1.54. The lowest BCUT2D eigenvalue weighted by Crippen LogP contribution is -2.38. The van der Waals surface area contributed by atoms with Gasteiger partial charge in [-0.25, -0.2) is 4.98 Å². The summed E-state index contributed by atoms with van der Waals surface area (Å²) in [6.07, 6.45) is 7.66. The molecule has 124 valence electrons. The van der Waals surface area contributed by atoms with Gasteiger partial charge in [0.2, 0.25) is 0 Å². The molecule has 1 amide bonds. The summed E-state index contributed by atoms with van der Waals surface area (Å²) in [5, 5.41) is 3.41. The molecule has 0 unspecified atom stereocenters. The molecular formula is C20H23N3O. The molecule has 1 aliphatic heterocycles. The molecule has 0 spiro atoms. The predicted molar refractivity (Wildman–Crippen MR) is 95.0 cm³/mol. The Bertz CT molecular complexity index is 695. The van der Waals surface area contributed by atoms with Crippen LogP contribution < -0.4 is 5.32 Å². The number of anilines is 1. The van der Waals surface area contributed by atoms with E-state index in [-0.39, 0.29) is 11.9 Å². The summed E-state index contributed by atoms with van der Waals surface area (Å²) in [5.41, 5.74) is 1.91. The number of rotatable bonds is 4. The molecule has 2 aromatic rings. The molecule has 1 aromatic carbocycles. The summed E-state index contributed by atoms with van der Waals surface area (Å²) in [5.74, 6) is 1.07. The van der Waals surface area contributed by atoms with Crippen molar-refractivity contribution in [2.45, 2.75) is 44.2 Å². The van der Waals surface area contributed by atoms with Crippen LogP contribution in [0.1, 0.15) is 54.1 Å². The van der Waals surface area contributed by atoms with Crippen LogP contribution >= 0.6 is 0 Å². The second kappa shape index (κ2) is 6.63. The number of amides is 1. The molecule has 2 fully saturated rings. The van der Waals surface area contributed by atoms with E-state index < -0.39 is 0 Å². The van der Waals surface area contributed by atoms with Crippen molar-refractivity contribution in [2.75, 3.05) is 11.9 Å². The molecule has 4 heteroatoms. The van der Waals surface area contributed by atoms with Crippen molar-refractivity contribution >= 4 is 11.7 Å². The fourth-order valence-corrected chi connectivity index (χ4v) is 3.39. The van der Waals surface area contributed by atoms with E-state index in [1.807, 2.05) is 47.5 Å². The monoisotopic (exact) mass is 321 g/mol. The minimum Gasteiger partial charge on any atom is -0.367 e. The van der Waals surface area contributed by atoms with Crippen molar-refractivity contribution in [3.05, 3.63) is 59.8 Å². The normalized spacial score (nSPS) is 20.7. The maximum absolute atomic E-state index is 12.9. The fourth-order valence-electron chi connectivity index (χ4n) is 3.39. The van der Waals surface area contributed by atoms with Gasteiger partial charge in [0.05, 0.1) is 6.04 Å². The Morgan fingerprint density at radius 3 is 2.58 bits per heavy atom. The van der Waals surface area contributed by atoms with Gasteiger partial charge in [0.15, 0.2) is 0 Å². The van der Waals surface area contributed by atoms with Crippen molar-refractivity contribution in [1.82, 2.24) is 9.88 Å². The number of hydrogen-bond acceptors (Lipinski definition) is 3. The number of carbonyl (C=O) groups is 1. The molecule has 1 aromatic heterocycles. The zero-order chi connectivity index (χ0) is 16.4. The summed E-state index contributed by atoms with van der Waals surface area (Å²) in [6, 6.07) is 14.5. The molecule has 4 rings (SSSR count). The first-order valence-corrected chi connectivity index (χ1v) is 8.90. The van der Waals surface area contributed by atoms with Crippen molar-refractivity contribution < 1.29 is 4.79 Å². The van der Waals surface area contributed by atoms with Gasteiger partial charge < -0.3 is 10.2 Å². The molecule has 24 heavy (non-hydrogen) atoms. The van der Waals surface area contributed by atoms with Gasteiger partial charge in [-0.2, -0.15) is 0 Å². The average Bonchev–Trinajstić information content (AvgIpc) is 3.47. The molecule has 1 saturated carbocycles. The van der Waals surface area contributed by atoms with Crippen LogP contribution in [0.3, 0.4) is 0 Å². The second-order valence-electron chi connectivity index (χ2n) is 6.77. The summed E-state index contributed by atoms with van der Waals surface area (Å²) >= 11 is 0. The first-order chi connectivity index (χ1) is 11.8.